The summed E-state index contributed by atoms with van der Waals surface area (Å²) in [4.78, 5) is 0. The highest BCUT2D eigenvalue weighted by Gasteiger charge is 2.17. The molecule has 0 radical (unpaired) electrons. The zero-order valence-corrected chi connectivity index (χ0v) is 7.85. The van der Waals surface area contributed by atoms with Crippen molar-refractivity contribution in [3.05, 3.63) is 23.3 Å². The quantitative estimate of drug-likeness (QED) is 0.593. The van der Waals surface area contributed by atoms with Crippen molar-refractivity contribution in [2.45, 2.75) is 33.1 Å². The molecule has 0 fully saturated rings. The van der Waals surface area contributed by atoms with Gasteiger partial charge in [-0.15, -0.1) is 5.10 Å². The summed E-state index contributed by atoms with van der Waals surface area (Å²) in [5, 5.41) is 7.06. The molecule has 1 heterocycles. The molecule has 0 atom stereocenters. The predicted octanol–water partition coefficient (Wildman–Crippen LogP) is 2.22. The Balaban J connectivity index is 3.23. The molecule has 0 aliphatic carbocycles. The third-order valence-electron chi connectivity index (χ3n) is 1.76. The minimum Gasteiger partial charge on any atom is -0.183 e. The average Bonchev–Trinajstić information content (AvgIpc) is 1.92. The largest absolute Gasteiger partial charge is 0.233 e. The number of hydrogen-bond acceptors (Lipinski definition) is 2. The summed E-state index contributed by atoms with van der Waals surface area (Å²) < 4.78 is 12.7. The molecule has 0 bridgehead atoms. The van der Waals surface area contributed by atoms with Gasteiger partial charge in [0.25, 0.3) is 0 Å². The molecule has 0 amide bonds. The second kappa shape index (κ2) is 2.81. The summed E-state index contributed by atoms with van der Waals surface area (Å²) >= 11 is 0. The predicted molar refractivity (Wildman–Crippen MR) is 45.4 cm³/mol. The number of halogens is 1. The maximum absolute atomic E-state index is 12.7. The van der Waals surface area contributed by atoms with Crippen molar-refractivity contribution in [3.63, 3.8) is 0 Å². The Morgan fingerprint density at radius 1 is 1.25 bits per heavy atom. The lowest BCUT2D eigenvalue weighted by Gasteiger charge is -2.19. The van der Waals surface area contributed by atoms with Gasteiger partial charge in [0.2, 0.25) is 5.95 Å². The lowest BCUT2D eigenvalue weighted by atomic mass is 9.86. The van der Waals surface area contributed by atoms with E-state index >= 15 is 0 Å². The Kier molecular flexibility index (Phi) is 2.13. The summed E-state index contributed by atoms with van der Waals surface area (Å²) in [7, 11) is 0. The smallest absolute Gasteiger partial charge is 0.183 e. The molecule has 1 aromatic rings. The third kappa shape index (κ3) is 1.78. The summed E-state index contributed by atoms with van der Waals surface area (Å²) in [6, 6.07) is 1.45. The van der Waals surface area contributed by atoms with E-state index in [1.165, 1.54) is 6.07 Å². The summed E-state index contributed by atoms with van der Waals surface area (Å²) in [6.07, 6.45) is 0. The molecule has 0 spiro atoms. The Bertz CT molecular complexity index is 289. The first-order valence-corrected chi connectivity index (χ1v) is 3.91. The molecule has 1 rings (SSSR count). The zero-order chi connectivity index (χ0) is 9.35. The van der Waals surface area contributed by atoms with Gasteiger partial charge in [-0.05, 0) is 17.9 Å². The van der Waals surface area contributed by atoms with Gasteiger partial charge in [0, 0.05) is 6.07 Å². The number of rotatable bonds is 0. The van der Waals surface area contributed by atoms with Crippen molar-refractivity contribution in [1.29, 1.82) is 0 Å². The molecule has 0 saturated carbocycles. The minimum atomic E-state index is -0.509. The van der Waals surface area contributed by atoms with Gasteiger partial charge < -0.3 is 0 Å². The normalized spacial score (nSPS) is 11.8. The van der Waals surface area contributed by atoms with Crippen molar-refractivity contribution < 1.29 is 4.39 Å². The molecule has 0 N–H and O–H groups in total. The van der Waals surface area contributed by atoms with Gasteiger partial charge in [-0.25, -0.2) is 0 Å². The molecule has 66 valence electrons. The van der Waals surface area contributed by atoms with Crippen molar-refractivity contribution in [1.82, 2.24) is 10.2 Å². The lowest BCUT2D eigenvalue weighted by Crippen LogP contribution is -2.15. The number of hydrogen-bond donors (Lipinski definition) is 0. The van der Waals surface area contributed by atoms with Crippen molar-refractivity contribution in [3.8, 4) is 0 Å². The fourth-order valence-corrected chi connectivity index (χ4v) is 1.19. The van der Waals surface area contributed by atoms with E-state index in [1.54, 1.807) is 0 Å². The van der Waals surface area contributed by atoms with E-state index < -0.39 is 5.95 Å². The molecule has 2 nitrogen and oxygen atoms in total. The molecule has 0 aliphatic rings. The van der Waals surface area contributed by atoms with Gasteiger partial charge >= 0.3 is 0 Å². The van der Waals surface area contributed by atoms with Crippen LogP contribution in [-0.2, 0) is 5.41 Å². The van der Waals surface area contributed by atoms with Gasteiger partial charge in [-0.3, -0.25) is 0 Å². The van der Waals surface area contributed by atoms with Crippen LogP contribution in [0.1, 0.15) is 32.0 Å². The topological polar surface area (TPSA) is 25.8 Å². The highest BCUT2D eigenvalue weighted by Crippen LogP contribution is 2.23. The first-order valence-electron chi connectivity index (χ1n) is 3.91. The summed E-state index contributed by atoms with van der Waals surface area (Å²) in [5.74, 6) is -0.509. The van der Waals surface area contributed by atoms with E-state index in [2.05, 4.69) is 10.2 Å². The SMILES string of the molecule is Cc1nnc(F)cc1C(C)(C)C. The van der Waals surface area contributed by atoms with Crippen LogP contribution in [0.25, 0.3) is 0 Å². The molecular weight excluding hydrogens is 155 g/mol. The molecule has 0 saturated heterocycles. The van der Waals surface area contributed by atoms with E-state index in [0.717, 1.165) is 11.3 Å². The van der Waals surface area contributed by atoms with Crippen molar-refractivity contribution in [2.24, 2.45) is 0 Å². The van der Waals surface area contributed by atoms with Crippen LogP contribution in [0.15, 0.2) is 6.07 Å². The summed E-state index contributed by atoms with van der Waals surface area (Å²) in [6.45, 7) is 7.91. The Morgan fingerprint density at radius 3 is 2.25 bits per heavy atom. The van der Waals surface area contributed by atoms with Crippen LogP contribution in [0.4, 0.5) is 4.39 Å². The van der Waals surface area contributed by atoms with Gasteiger partial charge in [0.05, 0.1) is 5.69 Å². The van der Waals surface area contributed by atoms with E-state index in [9.17, 15) is 4.39 Å². The van der Waals surface area contributed by atoms with Gasteiger partial charge in [0.1, 0.15) is 0 Å². The number of nitrogens with zero attached hydrogens (tertiary/aromatic N) is 2. The highest BCUT2D eigenvalue weighted by molar-refractivity contribution is 5.24. The van der Waals surface area contributed by atoms with E-state index in [0.29, 0.717) is 0 Å². The van der Waals surface area contributed by atoms with E-state index in [-0.39, 0.29) is 5.41 Å². The molecule has 1 aromatic heterocycles. The standard InChI is InChI=1S/C9H13FN2/c1-6-7(9(2,3)4)5-8(10)12-11-6/h5H,1-4H3. The fourth-order valence-electron chi connectivity index (χ4n) is 1.19. The van der Waals surface area contributed by atoms with E-state index in [4.69, 9.17) is 0 Å². The number of aromatic nitrogens is 2. The zero-order valence-electron chi connectivity index (χ0n) is 7.85. The van der Waals surface area contributed by atoms with Gasteiger partial charge in [0.15, 0.2) is 0 Å². The lowest BCUT2D eigenvalue weighted by molar-refractivity contribution is 0.527. The highest BCUT2D eigenvalue weighted by atomic mass is 19.1. The Labute approximate surface area is 71.8 Å². The minimum absolute atomic E-state index is 0.0686. The van der Waals surface area contributed by atoms with Crippen LogP contribution in [0.2, 0.25) is 0 Å². The first kappa shape index (κ1) is 9.10. The Morgan fingerprint density at radius 2 is 1.83 bits per heavy atom. The second-order valence-electron chi connectivity index (χ2n) is 3.92. The van der Waals surface area contributed by atoms with Crippen LogP contribution in [0, 0.1) is 12.9 Å². The van der Waals surface area contributed by atoms with Crippen LogP contribution in [0.3, 0.4) is 0 Å². The fraction of sp³-hybridized carbons (Fsp3) is 0.556. The van der Waals surface area contributed by atoms with Crippen molar-refractivity contribution >= 4 is 0 Å². The van der Waals surface area contributed by atoms with Crippen LogP contribution >= 0.6 is 0 Å². The molecule has 0 unspecified atom stereocenters. The monoisotopic (exact) mass is 168 g/mol. The molecule has 0 aromatic carbocycles. The van der Waals surface area contributed by atoms with Crippen molar-refractivity contribution in [2.75, 3.05) is 0 Å². The van der Waals surface area contributed by atoms with E-state index in [1.807, 2.05) is 27.7 Å². The second-order valence-corrected chi connectivity index (χ2v) is 3.92. The van der Waals surface area contributed by atoms with Crippen LogP contribution < -0.4 is 0 Å². The van der Waals surface area contributed by atoms with Crippen LogP contribution in [-0.4, -0.2) is 10.2 Å². The first-order chi connectivity index (χ1) is 5.41. The molecular formula is C9H13FN2. The molecule has 12 heavy (non-hydrogen) atoms. The maximum atomic E-state index is 12.7. The molecule has 0 aliphatic heterocycles. The Hall–Kier alpha value is -0.990. The average molecular weight is 168 g/mol. The van der Waals surface area contributed by atoms with Gasteiger partial charge in [-0.1, -0.05) is 20.8 Å². The van der Waals surface area contributed by atoms with Gasteiger partial charge in [-0.2, -0.15) is 9.49 Å². The summed E-state index contributed by atoms with van der Waals surface area (Å²) in [5.41, 5.74) is 1.64. The molecule has 3 heteroatoms. The third-order valence-corrected chi connectivity index (χ3v) is 1.76. The maximum Gasteiger partial charge on any atom is 0.233 e. The van der Waals surface area contributed by atoms with Crippen LogP contribution in [0.5, 0.6) is 0 Å². The number of aryl methyl sites for hydroxylation is 1.